The molecule has 0 amide bonds. The molecule has 0 heterocycles. The van der Waals surface area contributed by atoms with Crippen LogP contribution < -0.4 is 5.32 Å². The number of aliphatic hydroxyl groups is 1. The summed E-state index contributed by atoms with van der Waals surface area (Å²) in [6, 6.07) is 17.1. The molecule has 2 aromatic carbocycles. The summed E-state index contributed by atoms with van der Waals surface area (Å²) < 4.78 is 0. The molecule has 3 unspecified atom stereocenters. The van der Waals surface area contributed by atoms with Crippen LogP contribution in [0.2, 0.25) is 0 Å². The highest BCUT2D eigenvalue weighted by Gasteiger charge is 2.31. The molecule has 0 aromatic heterocycles. The molecule has 0 saturated carbocycles. The van der Waals surface area contributed by atoms with Gasteiger partial charge in [-0.15, -0.1) is 0 Å². The van der Waals surface area contributed by atoms with Crippen molar-refractivity contribution in [3.63, 3.8) is 0 Å². The Morgan fingerprint density at radius 2 is 1.80 bits per heavy atom. The molecule has 0 aliphatic heterocycles. The van der Waals surface area contributed by atoms with Crippen LogP contribution in [0.15, 0.2) is 48.5 Å². The number of hydrogen-bond acceptors (Lipinski definition) is 2. The molecule has 2 heteroatoms. The van der Waals surface area contributed by atoms with Crippen LogP contribution in [0.25, 0.3) is 0 Å². The van der Waals surface area contributed by atoms with Crippen LogP contribution >= 0.6 is 0 Å². The van der Waals surface area contributed by atoms with Crippen LogP contribution in [-0.4, -0.2) is 11.1 Å². The highest BCUT2D eigenvalue weighted by atomic mass is 16.3. The van der Waals surface area contributed by atoms with Gasteiger partial charge in [0.05, 0.1) is 6.10 Å². The van der Waals surface area contributed by atoms with Gasteiger partial charge in [0.1, 0.15) is 0 Å². The molecule has 1 aliphatic rings. The van der Waals surface area contributed by atoms with E-state index in [4.69, 9.17) is 0 Å². The summed E-state index contributed by atoms with van der Waals surface area (Å²) in [6.07, 6.45) is 0.493. The van der Waals surface area contributed by atoms with Gasteiger partial charge < -0.3 is 10.4 Å². The van der Waals surface area contributed by atoms with Gasteiger partial charge in [-0.05, 0) is 37.0 Å². The maximum atomic E-state index is 10.4. The molecule has 3 rings (SSSR count). The van der Waals surface area contributed by atoms with Crippen molar-refractivity contribution in [1.82, 2.24) is 5.32 Å². The van der Waals surface area contributed by atoms with Crippen molar-refractivity contribution in [3.8, 4) is 0 Å². The molecule has 0 spiro atoms. The average molecular weight is 267 g/mol. The minimum absolute atomic E-state index is 0.101. The number of aliphatic hydroxyl groups excluding tert-OH is 1. The Labute approximate surface area is 120 Å². The monoisotopic (exact) mass is 267 g/mol. The zero-order valence-corrected chi connectivity index (χ0v) is 12.0. The van der Waals surface area contributed by atoms with E-state index in [1.165, 1.54) is 16.7 Å². The minimum Gasteiger partial charge on any atom is -0.387 e. The smallest absolute Gasteiger partial charge is 0.0949 e. The second-order valence-electron chi connectivity index (χ2n) is 5.75. The Kier molecular flexibility index (Phi) is 3.60. The first-order valence-electron chi connectivity index (χ1n) is 7.23. The highest BCUT2D eigenvalue weighted by molar-refractivity contribution is 5.36. The Morgan fingerprint density at radius 1 is 1.10 bits per heavy atom. The van der Waals surface area contributed by atoms with E-state index in [9.17, 15) is 5.11 Å². The third-order valence-electron chi connectivity index (χ3n) is 4.24. The summed E-state index contributed by atoms with van der Waals surface area (Å²) in [5, 5.41) is 14.0. The van der Waals surface area contributed by atoms with Crippen LogP contribution in [0.3, 0.4) is 0 Å². The quantitative estimate of drug-likeness (QED) is 0.894. The molecule has 2 aromatic rings. The zero-order chi connectivity index (χ0) is 14.1. The van der Waals surface area contributed by atoms with Crippen molar-refractivity contribution in [3.05, 3.63) is 70.8 Å². The number of aryl methyl sites for hydroxylation is 1. The molecule has 2 nitrogen and oxygen atoms in total. The maximum absolute atomic E-state index is 10.4. The van der Waals surface area contributed by atoms with Crippen molar-refractivity contribution >= 4 is 0 Å². The van der Waals surface area contributed by atoms with Gasteiger partial charge >= 0.3 is 0 Å². The predicted octanol–water partition coefficient (Wildman–Crippen LogP) is 3.30. The Balaban J connectivity index is 1.72. The van der Waals surface area contributed by atoms with Crippen LogP contribution in [0, 0.1) is 6.92 Å². The van der Waals surface area contributed by atoms with E-state index in [0.29, 0.717) is 0 Å². The average Bonchev–Trinajstić information content (AvgIpc) is 2.77. The van der Waals surface area contributed by atoms with Gasteiger partial charge in [0, 0.05) is 12.1 Å². The molecular formula is C18H21NO. The largest absolute Gasteiger partial charge is 0.387 e. The topological polar surface area (TPSA) is 32.3 Å². The SMILES string of the molecule is Cc1ccc(C(C)NC2Cc3ccccc3C2O)cc1. The Morgan fingerprint density at radius 3 is 2.50 bits per heavy atom. The first kappa shape index (κ1) is 13.3. The van der Waals surface area contributed by atoms with Crippen LogP contribution in [-0.2, 0) is 6.42 Å². The molecule has 20 heavy (non-hydrogen) atoms. The molecule has 104 valence electrons. The van der Waals surface area contributed by atoms with Gasteiger partial charge in [0.15, 0.2) is 0 Å². The summed E-state index contributed by atoms with van der Waals surface area (Å²) in [6.45, 7) is 4.25. The fourth-order valence-corrected chi connectivity index (χ4v) is 3.00. The van der Waals surface area contributed by atoms with E-state index in [1.807, 2.05) is 18.2 Å². The van der Waals surface area contributed by atoms with E-state index in [0.717, 1.165) is 12.0 Å². The van der Waals surface area contributed by atoms with E-state index < -0.39 is 6.10 Å². The van der Waals surface area contributed by atoms with Gasteiger partial charge in [0.25, 0.3) is 0 Å². The van der Waals surface area contributed by atoms with E-state index in [1.54, 1.807) is 0 Å². The summed E-state index contributed by atoms with van der Waals surface area (Å²) in [7, 11) is 0. The lowest BCUT2D eigenvalue weighted by Gasteiger charge is -2.23. The minimum atomic E-state index is -0.404. The fourth-order valence-electron chi connectivity index (χ4n) is 3.00. The number of benzene rings is 2. The van der Waals surface area contributed by atoms with Crippen LogP contribution in [0.4, 0.5) is 0 Å². The summed E-state index contributed by atoms with van der Waals surface area (Å²) in [4.78, 5) is 0. The Hall–Kier alpha value is -1.64. The molecule has 2 N–H and O–H groups in total. The van der Waals surface area contributed by atoms with Crippen molar-refractivity contribution < 1.29 is 5.11 Å². The normalized spacial score (nSPS) is 22.6. The maximum Gasteiger partial charge on any atom is 0.0949 e. The molecule has 1 aliphatic carbocycles. The number of rotatable bonds is 3. The lowest BCUT2D eigenvalue weighted by Crippen LogP contribution is -2.34. The second kappa shape index (κ2) is 5.39. The first-order chi connectivity index (χ1) is 9.65. The van der Waals surface area contributed by atoms with E-state index >= 15 is 0 Å². The van der Waals surface area contributed by atoms with E-state index in [-0.39, 0.29) is 12.1 Å². The molecule has 0 radical (unpaired) electrons. The van der Waals surface area contributed by atoms with Crippen molar-refractivity contribution in [1.29, 1.82) is 0 Å². The van der Waals surface area contributed by atoms with Gasteiger partial charge in [-0.3, -0.25) is 0 Å². The lowest BCUT2D eigenvalue weighted by molar-refractivity contribution is 0.136. The summed E-state index contributed by atoms with van der Waals surface area (Å²) >= 11 is 0. The van der Waals surface area contributed by atoms with Crippen molar-refractivity contribution in [2.75, 3.05) is 0 Å². The molecule has 3 atom stereocenters. The number of nitrogens with one attached hydrogen (secondary N) is 1. The Bertz CT molecular complexity index is 591. The highest BCUT2D eigenvalue weighted by Crippen LogP contribution is 2.32. The predicted molar refractivity (Wildman–Crippen MR) is 81.6 cm³/mol. The molecular weight excluding hydrogens is 246 g/mol. The van der Waals surface area contributed by atoms with E-state index in [2.05, 4.69) is 49.5 Å². The second-order valence-corrected chi connectivity index (χ2v) is 5.75. The first-order valence-corrected chi connectivity index (χ1v) is 7.23. The lowest BCUT2D eigenvalue weighted by atomic mass is 10.0. The van der Waals surface area contributed by atoms with Gasteiger partial charge in [0.2, 0.25) is 0 Å². The van der Waals surface area contributed by atoms with Crippen molar-refractivity contribution in [2.24, 2.45) is 0 Å². The summed E-state index contributed by atoms with van der Waals surface area (Å²) in [5.74, 6) is 0. The standard InChI is InChI=1S/C18H21NO/c1-12-7-9-14(10-8-12)13(2)19-17-11-15-5-3-4-6-16(15)18(17)20/h3-10,13,17-20H,11H2,1-2H3. The number of hydrogen-bond donors (Lipinski definition) is 2. The van der Waals surface area contributed by atoms with Gasteiger partial charge in [-0.25, -0.2) is 0 Å². The molecule has 0 bridgehead atoms. The van der Waals surface area contributed by atoms with Gasteiger partial charge in [-0.1, -0.05) is 54.1 Å². The zero-order valence-electron chi connectivity index (χ0n) is 12.0. The van der Waals surface area contributed by atoms with Crippen LogP contribution in [0.5, 0.6) is 0 Å². The number of fused-ring (bicyclic) bond motifs is 1. The van der Waals surface area contributed by atoms with Gasteiger partial charge in [-0.2, -0.15) is 0 Å². The molecule has 0 saturated heterocycles. The van der Waals surface area contributed by atoms with Crippen molar-refractivity contribution in [2.45, 2.75) is 38.5 Å². The summed E-state index contributed by atoms with van der Waals surface area (Å²) in [5.41, 5.74) is 4.86. The molecule has 0 fully saturated rings. The third kappa shape index (κ3) is 2.49. The third-order valence-corrected chi connectivity index (χ3v) is 4.24. The van der Waals surface area contributed by atoms with Crippen LogP contribution in [0.1, 0.15) is 41.3 Å². The fraction of sp³-hybridized carbons (Fsp3) is 0.333.